The Morgan fingerprint density at radius 1 is 1.12 bits per heavy atom. The minimum atomic E-state index is -0.666. The lowest BCUT2D eigenvalue weighted by molar-refractivity contribution is -0.123. The summed E-state index contributed by atoms with van der Waals surface area (Å²) in [4.78, 5) is 37.7. The van der Waals surface area contributed by atoms with Gasteiger partial charge in [0.15, 0.2) is 6.61 Å². The Hall–Kier alpha value is -2.67. The average molecular weight is 373 g/mol. The number of thiophene rings is 1. The first-order chi connectivity index (χ1) is 12.6. The molecule has 2 aromatic rings. The average Bonchev–Trinajstić information content (AvgIpc) is 3.10. The fourth-order valence-corrected chi connectivity index (χ4v) is 3.92. The lowest BCUT2D eigenvalue weighted by Crippen LogP contribution is -2.34. The van der Waals surface area contributed by atoms with Crippen molar-refractivity contribution in [2.45, 2.75) is 25.7 Å². The summed E-state index contributed by atoms with van der Waals surface area (Å²) in [5.74, 6) is -1.14. The molecule has 0 aliphatic heterocycles. The number of methoxy groups -OCH3 is 1. The van der Waals surface area contributed by atoms with Crippen molar-refractivity contribution in [3.05, 3.63) is 51.2 Å². The molecule has 1 heterocycles. The van der Waals surface area contributed by atoms with Gasteiger partial charge in [0.05, 0.1) is 7.11 Å². The first-order valence-corrected chi connectivity index (χ1v) is 9.15. The van der Waals surface area contributed by atoms with Crippen LogP contribution in [0.4, 0.5) is 0 Å². The van der Waals surface area contributed by atoms with Crippen molar-refractivity contribution in [1.29, 1.82) is 0 Å². The van der Waals surface area contributed by atoms with E-state index in [9.17, 15) is 14.4 Å². The van der Waals surface area contributed by atoms with Crippen molar-refractivity contribution in [1.82, 2.24) is 5.32 Å². The molecule has 3 rings (SSSR count). The zero-order valence-electron chi connectivity index (χ0n) is 14.4. The molecule has 2 amide bonds. The monoisotopic (exact) mass is 373 g/mol. The van der Waals surface area contributed by atoms with E-state index in [4.69, 9.17) is 9.47 Å². The highest BCUT2D eigenvalue weighted by molar-refractivity contribution is 7.14. The first-order valence-electron chi connectivity index (χ1n) is 8.34. The van der Waals surface area contributed by atoms with Crippen molar-refractivity contribution < 1.29 is 23.9 Å². The molecular formula is C19H19NO5S. The summed E-state index contributed by atoms with van der Waals surface area (Å²) in [6, 6.07) is 8.19. The number of ether oxygens (including phenoxy) is 2. The summed E-state index contributed by atoms with van der Waals surface area (Å²) < 4.78 is 10.0. The molecule has 0 fully saturated rings. The maximum atomic E-state index is 12.1. The molecule has 7 heteroatoms. The SMILES string of the molecule is COc1ccc(C(=O)NC(=O)COC(=O)c2cc3c(s2)CCCC3)cc1. The van der Waals surface area contributed by atoms with Crippen molar-refractivity contribution in [3.8, 4) is 5.75 Å². The Morgan fingerprint density at radius 2 is 1.85 bits per heavy atom. The van der Waals surface area contributed by atoms with Crippen LogP contribution in [0.25, 0.3) is 0 Å². The van der Waals surface area contributed by atoms with Gasteiger partial charge < -0.3 is 9.47 Å². The second-order valence-electron chi connectivity index (χ2n) is 5.95. The van der Waals surface area contributed by atoms with Crippen LogP contribution < -0.4 is 10.1 Å². The summed E-state index contributed by atoms with van der Waals surface area (Å²) in [7, 11) is 1.52. The number of carbonyl (C=O) groups excluding carboxylic acids is 3. The molecule has 0 atom stereocenters. The fourth-order valence-electron chi connectivity index (χ4n) is 2.77. The van der Waals surface area contributed by atoms with Crippen LogP contribution >= 0.6 is 11.3 Å². The van der Waals surface area contributed by atoms with Crippen LogP contribution in [-0.2, 0) is 22.4 Å². The highest BCUT2D eigenvalue weighted by Gasteiger charge is 2.19. The fraction of sp³-hybridized carbons (Fsp3) is 0.316. The van der Waals surface area contributed by atoms with Gasteiger partial charge in [0.1, 0.15) is 10.6 Å². The normalized spacial score (nSPS) is 12.8. The summed E-state index contributed by atoms with van der Waals surface area (Å²) >= 11 is 1.42. The first kappa shape index (κ1) is 18.1. The second kappa shape index (κ2) is 8.14. The number of aryl methyl sites for hydroxylation is 2. The molecule has 1 aliphatic rings. The topological polar surface area (TPSA) is 81.7 Å². The number of benzene rings is 1. The second-order valence-corrected chi connectivity index (χ2v) is 7.08. The van der Waals surface area contributed by atoms with Gasteiger partial charge in [-0.3, -0.25) is 14.9 Å². The molecule has 1 aromatic carbocycles. The van der Waals surface area contributed by atoms with Crippen LogP contribution in [-0.4, -0.2) is 31.5 Å². The zero-order chi connectivity index (χ0) is 18.5. The van der Waals surface area contributed by atoms with Gasteiger partial charge in [0.2, 0.25) is 0 Å². The number of rotatable bonds is 5. The van der Waals surface area contributed by atoms with E-state index in [-0.39, 0.29) is 0 Å². The molecule has 0 spiro atoms. The van der Waals surface area contributed by atoms with Gasteiger partial charge in [0, 0.05) is 10.4 Å². The number of imide groups is 1. The maximum absolute atomic E-state index is 12.1. The highest BCUT2D eigenvalue weighted by atomic mass is 32.1. The predicted octanol–water partition coefficient (Wildman–Crippen LogP) is 2.75. The van der Waals surface area contributed by atoms with Crippen molar-refractivity contribution in [3.63, 3.8) is 0 Å². The molecule has 0 saturated heterocycles. The molecule has 0 unspecified atom stereocenters. The van der Waals surface area contributed by atoms with Crippen LogP contribution in [0.15, 0.2) is 30.3 Å². The molecule has 1 aromatic heterocycles. The van der Waals surface area contributed by atoms with E-state index in [1.807, 2.05) is 6.07 Å². The summed E-state index contributed by atoms with van der Waals surface area (Å²) in [6.45, 7) is -0.497. The Bertz CT molecular complexity index is 801. The molecule has 0 radical (unpaired) electrons. The summed E-state index contributed by atoms with van der Waals surface area (Å²) in [5.41, 5.74) is 1.52. The molecule has 1 N–H and O–H groups in total. The highest BCUT2D eigenvalue weighted by Crippen LogP contribution is 2.29. The van der Waals surface area contributed by atoms with Crippen LogP contribution in [0.1, 0.15) is 43.3 Å². The third kappa shape index (κ3) is 4.29. The van der Waals surface area contributed by atoms with Gasteiger partial charge in [-0.05, 0) is 61.6 Å². The van der Waals surface area contributed by atoms with E-state index < -0.39 is 24.4 Å². The lowest BCUT2D eigenvalue weighted by atomic mass is 9.99. The van der Waals surface area contributed by atoms with E-state index in [0.29, 0.717) is 16.2 Å². The molecule has 26 heavy (non-hydrogen) atoms. The Morgan fingerprint density at radius 3 is 2.54 bits per heavy atom. The van der Waals surface area contributed by atoms with Crippen molar-refractivity contribution >= 4 is 29.1 Å². The van der Waals surface area contributed by atoms with Gasteiger partial charge >= 0.3 is 5.97 Å². The minimum absolute atomic E-state index is 0.316. The summed E-state index contributed by atoms with van der Waals surface area (Å²) in [6.07, 6.45) is 4.24. The van der Waals surface area contributed by atoms with E-state index in [2.05, 4.69) is 5.32 Å². The number of nitrogens with one attached hydrogen (secondary N) is 1. The van der Waals surface area contributed by atoms with Gasteiger partial charge in [-0.15, -0.1) is 11.3 Å². The van der Waals surface area contributed by atoms with Crippen LogP contribution in [0, 0.1) is 0 Å². The standard InChI is InChI=1S/C19H19NO5S/c1-24-14-8-6-12(7-9-14)18(22)20-17(21)11-25-19(23)16-10-13-4-2-3-5-15(13)26-16/h6-10H,2-5,11H2,1H3,(H,20,21,22). The maximum Gasteiger partial charge on any atom is 0.348 e. The van der Waals surface area contributed by atoms with E-state index >= 15 is 0 Å². The van der Waals surface area contributed by atoms with Crippen LogP contribution in [0.3, 0.4) is 0 Å². The van der Waals surface area contributed by atoms with Crippen molar-refractivity contribution in [2.75, 3.05) is 13.7 Å². The molecular weight excluding hydrogens is 354 g/mol. The third-order valence-electron chi connectivity index (χ3n) is 4.14. The quantitative estimate of drug-likeness (QED) is 0.815. The van der Waals surface area contributed by atoms with Gasteiger partial charge in [-0.1, -0.05) is 0 Å². The number of hydrogen-bond donors (Lipinski definition) is 1. The van der Waals surface area contributed by atoms with Crippen molar-refractivity contribution in [2.24, 2.45) is 0 Å². The zero-order valence-corrected chi connectivity index (χ0v) is 15.2. The Labute approximate surface area is 155 Å². The van der Waals surface area contributed by atoms with E-state index in [1.165, 1.54) is 28.9 Å². The van der Waals surface area contributed by atoms with Gasteiger partial charge in [-0.2, -0.15) is 0 Å². The summed E-state index contributed by atoms with van der Waals surface area (Å²) in [5, 5.41) is 2.20. The van der Waals surface area contributed by atoms with Crippen LogP contribution in [0.2, 0.25) is 0 Å². The number of fused-ring (bicyclic) bond motifs is 1. The molecule has 136 valence electrons. The minimum Gasteiger partial charge on any atom is -0.497 e. The largest absolute Gasteiger partial charge is 0.497 e. The molecule has 0 saturated carbocycles. The smallest absolute Gasteiger partial charge is 0.348 e. The molecule has 0 bridgehead atoms. The number of carbonyl (C=O) groups is 3. The lowest BCUT2D eigenvalue weighted by Gasteiger charge is -2.08. The Kier molecular flexibility index (Phi) is 5.68. The van der Waals surface area contributed by atoms with E-state index in [1.54, 1.807) is 24.3 Å². The van der Waals surface area contributed by atoms with E-state index in [0.717, 1.165) is 25.7 Å². The molecule has 1 aliphatic carbocycles. The number of hydrogen-bond acceptors (Lipinski definition) is 6. The third-order valence-corrected chi connectivity index (χ3v) is 5.35. The van der Waals surface area contributed by atoms with Gasteiger partial charge in [-0.25, -0.2) is 4.79 Å². The number of amides is 2. The van der Waals surface area contributed by atoms with Crippen LogP contribution in [0.5, 0.6) is 5.75 Å². The number of esters is 1. The van der Waals surface area contributed by atoms with Gasteiger partial charge in [0.25, 0.3) is 11.8 Å². The Balaban J connectivity index is 1.50. The predicted molar refractivity (Wildman–Crippen MR) is 96.7 cm³/mol. The molecule has 6 nitrogen and oxygen atoms in total.